The summed E-state index contributed by atoms with van der Waals surface area (Å²) >= 11 is 0. The smallest absolute Gasteiger partial charge is 0.0231 e. The quantitative estimate of drug-likeness (QED) is 0.106. The van der Waals surface area contributed by atoms with Crippen LogP contribution in [0.3, 0.4) is 0 Å². The molecule has 290 valence electrons. The van der Waals surface area contributed by atoms with Crippen LogP contribution in [0.1, 0.15) is 103 Å². The van der Waals surface area contributed by atoms with Crippen LogP contribution in [-0.2, 0) is 28.4 Å². The van der Waals surface area contributed by atoms with Gasteiger partial charge in [-0.05, 0) is 112 Å². The summed E-state index contributed by atoms with van der Waals surface area (Å²) < 4.78 is 0. The second-order valence-electron chi connectivity index (χ2n) is 18.2. The van der Waals surface area contributed by atoms with Crippen molar-refractivity contribution in [2.45, 2.75) is 126 Å². The number of benzene rings is 2. The summed E-state index contributed by atoms with van der Waals surface area (Å²) in [5, 5.41) is 8.52. The Labute approximate surface area is 336 Å². The molecular weight excluding hydrogens is 722 g/mol. The Hall–Kier alpha value is -1.56. The van der Waals surface area contributed by atoms with Crippen molar-refractivity contribution < 1.29 is 17.1 Å². The molecule has 4 aliphatic carbocycles. The molecule has 0 aromatic heterocycles. The summed E-state index contributed by atoms with van der Waals surface area (Å²) in [5.74, 6) is 3.98. The maximum Gasteiger partial charge on any atom is 0.0231 e. The van der Waals surface area contributed by atoms with Crippen LogP contribution in [0.15, 0.2) is 97.1 Å². The minimum Gasteiger partial charge on any atom is -0.748 e. The Morgan fingerprint density at radius 1 is 0.698 bits per heavy atom. The molecule has 6 aliphatic rings. The van der Waals surface area contributed by atoms with Crippen LogP contribution >= 0.6 is 17.2 Å². The van der Waals surface area contributed by atoms with Gasteiger partial charge in [-0.3, -0.25) is 0 Å². The summed E-state index contributed by atoms with van der Waals surface area (Å²) in [6, 6.07) is 36.6. The first kappa shape index (κ1) is 39.7. The van der Waals surface area contributed by atoms with Crippen molar-refractivity contribution in [3.05, 3.63) is 108 Å². The molecule has 4 atom stereocenters. The Balaban J connectivity index is 0.000000671. The first-order chi connectivity index (χ1) is 25.3. The molecule has 5 heteroatoms. The van der Waals surface area contributed by atoms with Crippen LogP contribution in [0, 0.1) is 23.7 Å². The standard InChI is InChI=1S/C43H59N2P2.C5H5.Fe/c1-42(2,3)47(41-33-23-29-22-30(25-33)26-34(41)24-29)28-36-37(43(46,38-18-10-12-20-44-38)39-19-11-13-21-45-39)27-35(31-14-6-4-7-15-31)40(36)32-16-8-5-9-17-32;1-2-4-5-3-1;/h4-9,14-17,27,29-30,33-34,38-39,41,44-45H,10-13,18-26,28,46H2,1-3H3;1-5H;/q-1;-5;. The molecular formula is C48H64FeN2P2-6. The van der Waals surface area contributed by atoms with Gasteiger partial charge < -0.3 is 41.0 Å². The summed E-state index contributed by atoms with van der Waals surface area (Å²) in [6.07, 6.45) is 16.7. The fourth-order valence-electron chi connectivity index (χ4n) is 11.8. The van der Waals surface area contributed by atoms with E-state index >= 15 is 0 Å². The molecule has 0 amide bonds. The minimum absolute atomic E-state index is 0. The first-order valence-electron chi connectivity index (χ1n) is 20.9. The van der Waals surface area contributed by atoms with Crippen molar-refractivity contribution in [2.75, 3.05) is 13.1 Å². The molecule has 53 heavy (non-hydrogen) atoms. The Morgan fingerprint density at radius 2 is 1.19 bits per heavy atom. The Morgan fingerprint density at radius 3 is 1.64 bits per heavy atom. The van der Waals surface area contributed by atoms with Crippen LogP contribution < -0.4 is 10.6 Å². The van der Waals surface area contributed by atoms with Gasteiger partial charge in [0.25, 0.3) is 0 Å². The zero-order chi connectivity index (χ0) is 35.7. The second kappa shape index (κ2) is 17.3. The maximum atomic E-state index is 4.12. The van der Waals surface area contributed by atoms with Crippen LogP contribution in [0.5, 0.6) is 0 Å². The molecule has 2 heterocycles. The molecule has 2 N–H and O–H groups in total. The van der Waals surface area contributed by atoms with Crippen LogP contribution in [0.25, 0.3) is 22.3 Å². The largest absolute Gasteiger partial charge is 0.748 e. The zero-order valence-electron chi connectivity index (χ0n) is 32.6. The van der Waals surface area contributed by atoms with E-state index in [1.807, 2.05) is 30.3 Å². The van der Waals surface area contributed by atoms with E-state index in [-0.39, 0.29) is 30.1 Å². The van der Waals surface area contributed by atoms with E-state index in [2.05, 4.69) is 107 Å². The third kappa shape index (κ3) is 8.30. The van der Waals surface area contributed by atoms with Gasteiger partial charge in [-0.15, -0.1) is 39.4 Å². The Kier molecular flexibility index (Phi) is 12.9. The summed E-state index contributed by atoms with van der Waals surface area (Å²) in [7, 11) is 3.36. The molecule has 4 unspecified atom stereocenters. The fourth-order valence-corrected chi connectivity index (χ4v) is 16.3. The average Bonchev–Trinajstić information content (AvgIpc) is 3.88. The third-order valence-electron chi connectivity index (χ3n) is 13.9. The van der Waals surface area contributed by atoms with Crippen LogP contribution in [-0.4, -0.2) is 36.0 Å². The van der Waals surface area contributed by atoms with Gasteiger partial charge in [-0.1, -0.05) is 105 Å². The van der Waals surface area contributed by atoms with Crippen LogP contribution in [0.4, 0.5) is 0 Å². The van der Waals surface area contributed by atoms with E-state index in [1.165, 1.54) is 99.0 Å². The van der Waals surface area contributed by atoms with Crippen molar-refractivity contribution >= 4 is 17.2 Å². The molecule has 10 rings (SSSR count). The van der Waals surface area contributed by atoms with E-state index in [9.17, 15) is 0 Å². The zero-order valence-corrected chi connectivity index (χ0v) is 35.7. The SMILES string of the molecule is CC(C)(C)P(C[c-]1c(C(P)(C2CCCCN2)C2CCCCN2)cc(-c2ccccc2)c1-c1ccccc1)C1C2CC3CC(C2)CC1C3.[Fe].[cH-]1[cH-][cH-][cH-][cH-]1. The van der Waals surface area contributed by atoms with E-state index in [0.29, 0.717) is 17.2 Å². The van der Waals surface area contributed by atoms with Crippen LogP contribution in [0.2, 0.25) is 0 Å². The molecule has 4 aromatic rings. The number of rotatable bonds is 8. The number of nitrogens with one attached hydrogen (secondary N) is 2. The predicted molar refractivity (Wildman–Crippen MR) is 229 cm³/mol. The summed E-state index contributed by atoms with van der Waals surface area (Å²) in [5.41, 5.74) is 10.0. The van der Waals surface area contributed by atoms with Gasteiger partial charge in [-0.2, -0.15) is 6.07 Å². The molecule has 2 nitrogen and oxygen atoms in total. The number of hydrogen-bond acceptors (Lipinski definition) is 2. The summed E-state index contributed by atoms with van der Waals surface area (Å²) in [4.78, 5) is 0. The van der Waals surface area contributed by atoms with E-state index < -0.39 is 0 Å². The fraction of sp³-hybridized carbons (Fsp3) is 0.542. The van der Waals surface area contributed by atoms with E-state index in [4.69, 9.17) is 0 Å². The minimum atomic E-state index is -0.238. The van der Waals surface area contributed by atoms with Gasteiger partial charge in [0.15, 0.2) is 0 Å². The van der Waals surface area contributed by atoms with Crippen molar-refractivity contribution in [1.82, 2.24) is 10.6 Å². The maximum absolute atomic E-state index is 4.12. The van der Waals surface area contributed by atoms with Gasteiger partial charge >= 0.3 is 0 Å². The second-order valence-corrected chi connectivity index (χ2v) is 22.3. The Bertz CT molecular complexity index is 1630. The molecule has 6 fully saturated rings. The van der Waals surface area contributed by atoms with E-state index in [0.717, 1.165) is 42.4 Å². The predicted octanol–water partition coefficient (Wildman–Crippen LogP) is 12.1. The topological polar surface area (TPSA) is 24.1 Å². The molecule has 4 saturated carbocycles. The number of hydrogen-bond donors (Lipinski definition) is 2. The molecule has 2 aliphatic heterocycles. The molecule has 4 aromatic carbocycles. The molecule has 4 bridgehead atoms. The van der Waals surface area contributed by atoms with Crippen molar-refractivity contribution in [3.63, 3.8) is 0 Å². The van der Waals surface area contributed by atoms with E-state index in [1.54, 1.807) is 11.1 Å². The molecule has 2 saturated heterocycles. The van der Waals surface area contributed by atoms with Gasteiger partial charge in [0, 0.05) is 34.3 Å². The number of piperidine rings is 2. The monoisotopic (exact) mass is 786 g/mol. The van der Waals surface area contributed by atoms with Crippen molar-refractivity contribution in [1.29, 1.82) is 0 Å². The van der Waals surface area contributed by atoms with Gasteiger partial charge in [0.1, 0.15) is 0 Å². The molecule has 0 spiro atoms. The first-order valence-corrected chi connectivity index (χ1v) is 23.1. The average molecular weight is 787 g/mol. The summed E-state index contributed by atoms with van der Waals surface area (Å²) in [6.45, 7) is 10.1. The van der Waals surface area contributed by atoms with Crippen molar-refractivity contribution in [2.24, 2.45) is 23.7 Å². The van der Waals surface area contributed by atoms with Gasteiger partial charge in [-0.25, -0.2) is 0 Å². The van der Waals surface area contributed by atoms with Gasteiger partial charge in [0.2, 0.25) is 0 Å². The van der Waals surface area contributed by atoms with Gasteiger partial charge in [0.05, 0.1) is 0 Å². The van der Waals surface area contributed by atoms with Crippen molar-refractivity contribution in [3.8, 4) is 22.3 Å². The normalized spacial score (nSPS) is 29.7. The molecule has 0 radical (unpaired) electrons. The third-order valence-corrected chi connectivity index (χ3v) is 18.9.